The molecule has 0 saturated carbocycles. The fourth-order valence-corrected chi connectivity index (χ4v) is 0.823. The van der Waals surface area contributed by atoms with Gasteiger partial charge in [-0.3, -0.25) is 0 Å². The number of alkyl halides is 7. The second-order valence-electron chi connectivity index (χ2n) is 3.11. The maximum absolute atomic E-state index is 12.2. The van der Waals surface area contributed by atoms with E-state index in [9.17, 15) is 35.1 Å². The minimum atomic E-state index is -6.25. The average molecular weight is 363 g/mol. The van der Waals surface area contributed by atoms with Crippen molar-refractivity contribution < 1.29 is 35.1 Å². The molecule has 0 unspecified atom stereocenters. The SMILES string of the molecule is C=CCCC.FC(=C(Br)C(F)F)C(F)(F)C(F)(F)F. The highest BCUT2D eigenvalue weighted by atomic mass is 79.9. The molecule has 0 amide bonds. The molecule has 114 valence electrons. The number of unbranched alkanes of at least 4 members (excludes halogenated alkanes) is 1. The van der Waals surface area contributed by atoms with Crippen LogP contribution in [0.2, 0.25) is 0 Å². The molecule has 0 atom stereocenters. The quantitative estimate of drug-likeness (QED) is 0.425. The molecule has 0 aromatic rings. The number of hydrogen-bond acceptors (Lipinski definition) is 0. The Labute approximate surface area is 113 Å². The third-order valence-corrected chi connectivity index (χ3v) is 2.22. The number of halogens is 9. The van der Waals surface area contributed by atoms with Crippen molar-refractivity contribution in [2.75, 3.05) is 0 Å². The molecule has 0 N–H and O–H groups in total. The van der Waals surface area contributed by atoms with Gasteiger partial charge in [0, 0.05) is 0 Å². The Morgan fingerprint density at radius 2 is 1.63 bits per heavy atom. The van der Waals surface area contributed by atoms with Crippen molar-refractivity contribution in [2.45, 2.75) is 38.3 Å². The van der Waals surface area contributed by atoms with Crippen molar-refractivity contribution in [3.63, 3.8) is 0 Å². The van der Waals surface area contributed by atoms with Crippen LogP contribution in [0.5, 0.6) is 0 Å². The fourth-order valence-electron chi connectivity index (χ4n) is 0.574. The van der Waals surface area contributed by atoms with Crippen molar-refractivity contribution >= 4 is 15.9 Å². The third kappa shape index (κ3) is 6.93. The lowest BCUT2D eigenvalue weighted by Crippen LogP contribution is -2.37. The van der Waals surface area contributed by atoms with E-state index in [-0.39, 0.29) is 0 Å². The van der Waals surface area contributed by atoms with Gasteiger partial charge < -0.3 is 0 Å². The van der Waals surface area contributed by atoms with Gasteiger partial charge in [-0.25, -0.2) is 13.2 Å². The van der Waals surface area contributed by atoms with Crippen molar-refractivity contribution in [1.82, 2.24) is 0 Å². The van der Waals surface area contributed by atoms with E-state index in [0.29, 0.717) is 0 Å². The van der Waals surface area contributed by atoms with Crippen LogP contribution in [0.25, 0.3) is 0 Å². The number of rotatable bonds is 4. The highest BCUT2D eigenvalue weighted by Crippen LogP contribution is 2.44. The van der Waals surface area contributed by atoms with Crippen LogP contribution >= 0.6 is 15.9 Å². The fraction of sp³-hybridized carbons (Fsp3) is 0.600. The summed E-state index contributed by atoms with van der Waals surface area (Å²) < 4.78 is 91.5. The molecule has 0 aliphatic heterocycles. The van der Waals surface area contributed by atoms with Gasteiger partial charge in [0.15, 0.2) is 5.83 Å². The summed E-state index contributed by atoms with van der Waals surface area (Å²) in [5.41, 5.74) is 0. The summed E-state index contributed by atoms with van der Waals surface area (Å²) in [7, 11) is 0. The van der Waals surface area contributed by atoms with Crippen molar-refractivity contribution in [1.29, 1.82) is 0 Å². The number of allylic oxidation sites excluding steroid dienone is 3. The molecule has 0 bridgehead atoms. The first-order chi connectivity index (χ1) is 8.43. The predicted octanol–water partition coefficient (Wildman–Crippen LogP) is 6.00. The minimum absolute atomic E-state index is 1.15. The average Bonchev–Trinajstić information content (AvgIpc) is 2.27. The maximum Gasteiger partial charge on any atom is 0.460 e. The first-order valence-electron chi connectivity index (χ1n) is 4.82. The molecule has 0 saturated heterocycles. The van der Waals surface area contributed by atoms with Crippen LogP contribution in [-0.4, -0.2) is 18.5 Å². The van der Waals surface area contributed by atoms with Gasteiger partial charge >= 0.3 is 12.1 Å². The third-order valence-electron chi connectivity index (χ3n) is 1.53. The zero-order valence-corrected chi connectivity index (χ0v) is 11.3. The molecule has 0 fully saturated rings. The van der Waals surface area contributed by atoms with E-state index < -0.39 is 28.8 Å². The van der Waals surface area contributed by atoms with Crippen LogP contribution in [0.4, 0.5) is 35.1 Å². The first-order valence-corrected chi connectivity index (χ1v) is 5.61. The maximum atomic E-state index is 12.2. The van der Waals surface area contributed by atoms with Gasteiger partial charge in [0.25, 0.3) is 6.43 Å². The van der Waals surface area contributed by atoms with Gasteiger partial charge in [0.1, 0.15) is 0 Å². The van der Waals surface area contributed by atoms with Crippen LogP contribution in [0, 0.1) is 0 Å². The summed E-state index contributed by atoms with van der Waals surface area (Å²) in [4.78, 5) is 0. The lowest BCUT2D eigenvalue weighted by Gasteiger charge is -2.18. The van der Waals surface area contributed by atoms with Crippen LogP contribution < -0.4 is 0 Å². The van der Waals surface area contributed by atoms with Gasteiger partial charge in [-0.15, -0.1) is 6.58 Å². The van der Waals surface area contributed by atoms with E-state index in [1.54, 1.807) is 15.9 Å². The van der Waals surface area contributed by atoms with E-state index in [0.717, 1.165) is 6.42 Å². The van der Waals surface area contributed by atoms with Gasteiger partial charge in [0.2, 0.25) is 0 Å². The van der Waals surface area contributed by atoms with Crippen LogP contribution in [0.3, 0.4) is 0 Å². The summed E-state index contributed by atoms with van der Waals surface area (Å²) in [6.45, 7) is 5.69. The molecule has 0 aliphatic carbocycles. The van der Waals surface area contributed by atoms with Crippen LogP contribution in [0.1, 0.15) is 19.8 Å². The lowest BCUT2D eigenvalue weighted by molar-refractivity contribution is -0.270. The lowest BCUT2D eigenvalue weighted by atomic mass is 10.2. The van der Waals surface area contributed by atoms with E-state index in [4.69, 9.17) is 0 Å². The smallest absolute Gasteiger partial charge is 0.204 e. The largest absolute Gasteiger partial charge is 0.460 e. The topological polar surface area (TPSA) is 0 Å². The molecule has 0 nitrogen and oxygen atoms in total. The van der Waals surface area contributed by atoms with E-state index in [2.05, 4.69) is 13.5 Å². The second-order valence-corrected chi connectivity index (χ2v) is 3.97. The molecule has 0 heterocycles. The summed E-state index contributed by atoms with van der Waals surface area (Å²) in [5, 5.41) is 0. The Balaban J connectivity index is 0. The summed E-state index contributed by atoms with van der Waals surface area (Å²) in [5.74, 6) is -9.15. The Morgan fingerprint density at radius 1 is 1.21 bits per heavy atom. The molecule has 19 heavy (non-hydrogen) atoms. The molecule has 9 heteroatoms. The van der Waals surface area contributed by atoms with Gasteiger partial charge in [-0.1, -0.05) is 19.4 Å². The first kappa shape index (κ1) is 20.7. The van der Waals surface area contributed by atoms with Crippen LogP contribution in [0.15, 0.2) is 23.0 Å². The molecule has 0 spiro atoms. The predicted molar refractivity (Wildman–Crippen MR) is 59.2 cm³/mol. The molecule has 0 aliphatic rings. The molecular formula is C10H11BrF8. The zero-order chi connectivity index (χ0) is 15.9. The summed E-state index contributed by atoms with van der Waals surface area (Å²) in [6, 6.07) is 0. The van der Waals surface area contributed by atoms with Gasteiger partial charge in [-0.05, 0) is 22.4 Å². The minimum Gasteiger partial charge on any atom is -0.204 e. The van der Waals surface area contributed by atoms with Crippen LogP contribution in [-0.2, 0) is 0 Å². The van der Waals surface area contributed by atoms with Crippen molar-refractivity contribution in [3.05, 3.63) is 23.0 Å². The van der Waals surface area contributed by atoms with Gasteiger partial charge in [0.05, 0.1) is 4.48 Å². The summed E-state index contributed by atoms with van der Waals surface area (Å²) >= 11 is 1.61. The monoisotopic (exact) mass is 362 g/mol. The zero-order valence-electron chi connectivity index (χ0n) is 9.68. The molecule has 0 aromatic heterocycles. The van der Waals surface area contributed by atoms with E-state index >= 15 is 0 Å². The second kappa shape index (κ2) is 8.55. The Kier molecular flexibility index (Phi) is 9.32. The van der Waals surface area contributed by atoms with Crippen molar-refractivity contribution in [3.8, 4) is 0 Å². The van der Waals surface area contributed by atoms with E-state index in [1.807, 2.05) is 6.08 Å². The van der Waals surface area contributed by atoms with E-state index in [1.165, 1.54) is 6.42 Å². The molecule has 0 aromatic carbocycles. The Morgan fingerprint density at radius 3 is 1.79 bits per heavy atom. The highest BCUT2D eigenvalue weighted by molar-refractivity contribution is 9.11. The molecular weight excluding hydrogens is 352 g/mol. The molecule has 0 radical (unpaired) electrons. The van der Waals surface area contributed by atoms with Crippen molar-refractivity contribution in [2.24, 2.45) is 0 Å². The highest BCUT2D eigenvalue weighted by Gasteiger charge is 2.62. The Hall–Kier alpha value is -0.600. The standard InChI is InChI=1S/C5HBrF8.C5H10/c6-1(3(8)9)2(7)4(10,11)5(12,13)14;1-3-5-4-2/h3H;3H,1,4-5H2,2H3. The van der Waals surface area contributed by atoms with Gasteiger partial charge in [-0.2, -0.15) is 22.0 Å². The normalized spacial score (nSPS) is 13.6. The number of hydrogen-bond donors (Lipinski definition) is 0. The molecule has 0 rings (SSSR count). The Bertz CT molecular complexity index is 305. The summed E-state index contributed by atoms with van der Waals surface area (Å²) in [6.07, 6.45) is -5.71.